The molecule has 1 aromatic carbocycles. The van der Waals surface area contributed by atoms with Crippen LogP contribution in [-0.2, 0) is 19.0 Å². The number of thiazole rings is 1. The van der Waals surface area contributed by atoms with Crippen LogP contribution in [0.15, 0.2) is 34.6 Å². The van der Waals surface area contributed by atoms with Crippen LogP contribution in [-0.4, -0.2) is 31.1 Å². The minimum absolute atomic E-state index is 0. The molecule has 0 saturated carbocycles. The number of aromatic nitrogens is 1. The summed E-state index contributed by atoms with van der Waals surface area (Å²) in [7, 11) is 1.63. The number of aliphatic imine (C=N–C) groups is 1. The van der Waals surface area contributed by atoms with Crippen LogP contribution in [0.1, 0.15) is 16.3 Å². The standard InChI is InChI=1S/C16H18ClF3N4S.HI/c1-21-15(22-8-6-11-4-2-3-5-12(11)17)23-9-7-14-24-13(10-25-14)16(18,19)20;/h2-5,10H,6-9H2,1H3,(H2,21,22,23);1H. The number of alkyl halides is 3. The van der Waals surface area contributed by atoms with Gasteiger partial charge in [-0.2, -0.15) is 13.2 Å². The van der Waals surface area contributed by atoms with Crippen molar-refractivity contribution in [2.45, 2.75) is 19.0 Å². The summed E-state index contributed by atoms with van der Waals surface area (Å²) in [6.07, 6.45) is -3.26. The van der Waals surface area contributed by atoms with E-state index < -0.39 is 11.9 Å². The second-order valence-corrected chi connectivity index (χ2v) is 6.49. The zero-order valence-corrected chi connectivity index (χ0v) is 17.8. The Labute approximate surface area is 176 Å². The third kappa shape index (κ3) is 7.28. The van der Waals surface area contributed by atoms with E-state index in [9.17, 15) is 13.2 Å². The molecule has 0 atom stereocenters. The smallest absolute Gasteiger partial charge is 0.356 e. The fraction of sp³-hybridized carbons (Fsp3) is 0.375. The monoisotopic (exact) mass is 518 g/mol. The average molecular weight is 519 g/mol. The molecule has 0 unspecified atom stereocenters. The zero-order valence-electron chi connectivity index (χ0n) is 13.9. The first-order chi connectivity index (χ1) is 11.9. The molecule has 1 aromatic heterocycles. The predicted molar refractivity (Wildman–Crippen MR) is 111 cm³/mol. The minimum atomic E-state index is -4.39. The molecular formula is C16H19ClF3IN4S. The highest BCUT2D eigenvalue weighted by atomic mass is 127. The minimum Gasteiger partial charge on any atom is -0.356 e. The summed E-state index contributed by atoms with van der Waals surface area (Å²) in [6.45, 7) is 1.08. The van der Waals surface area contributed by atoms with E-state index in [1.807, 2.05) is 24.3 Å². The first kappa shape index (κ1) is 23.0. The highest BCUT2D eigenvalue weighted by molar-refractivity contribution is 14.0. The van der Waals surface area contributed by atoms with Crippen molar-refractivity contribution in [3.05, 3.63) is 50.9 Å². The lowest BCUT2D eigenvalue weighted by molar-refractivity contribution is -0.140. The van der Waals surface area contributed by atoms with E-state index in [2.05, 4.69) is 20.6 Å². The van der Waals surface area contributed by atoms with Gasteiger partial charge in [0.05, 0.1) is 5.01 Å². The molecule has 0 radical (unpaired) electrons. The molecule has 1 heterocycles. The van der Waals surface area contributed by atoms with Crippen LogP contribution in [0.2, 0.25) is 5.02 Å². The zero-order chi connectivity index (χ0) is 18.3. The largest absolute Gasteiger partial charge is 0.434 e. The highest BCUT2D eigenvalue weighted by Gasteiger charge is 2.33. The normalized spacial score (nSPS) is 11.8. The van der Waals surface area contributed by atoms with Crippen molar-refractivity contribution < 1.29 is 13.2 Å². The third-order valence-electron chi connectivity index (χ3n) is 3.34. The summed E-state index contributed by atoms with van der Waals surface area (Å²) in [6, 6.07) is 7.61. The molecule has 0 fully saturated rings. The van der Waals surface area contributed by atoms with Crippen LogP contribution in [0.4, 0.5) is 13.2 Å². The summed E-state index contributed by atoms with van der Waals surface area (Å²) in [5.74, 6) is 0.583. The van der Waals surface area contributed by atoms with E-state index in [1.54, 1.807) is 7.05 Å². The van der Waals surface area contributed by atoms with Crippen LogP contribution in [0.3, 0.4) is 0 Å². The number of nitrogens with one attached hydrogen (secondary N) is 2. The molecule has 2 rings (SSSR count). The van der Waals surface area contributed by atoms with Gasteiger partial charge in [0.15, 0.2) is 11.7 Å². The molecule has 0 amide bonds. The van der Waals surface area contributed by atoms with Gasteiger partial charge in [-0.25, -0.2) is 4.98 Å². The number of guanidine groups is 1. The summed E-state index contributed by atoms with van der Waals surface area (Å²) < 4.78 is 37.5. The van der Waals surface area contributed by atoms with E-state index in [-0.39, 0.29) is 24.0 Å². The van der Waals surface area contributed by atoms with Gasteiger partial charge in [0, 0.05) is 37.0 Å². The first-order valence-corrected chi connectivity index (χ1v) is 8.85. The number of halogens is 5. The van der Waals surface area contributed by atoms with Crippen molar-refractivity contribution in [1.82, 2.24) is 15.6 Å². The highest BCUT2D eigenvalue weighted by Crippen LogP contribution is 2.29. The fourth-order valence-corrected chi connectivity index (χ4v) is 3.12. The topological polar surface area (TPSA) is 49.3 Å². The number of rotatable bonds is 6. The van der Waals surface area contributed by atoms with Crippen LogP contribution in [0.25, 0.3) is 0 Å². The van der Waals surface area contributed by atoms with E-state index in [4.69, 9.17) is 11.6 Å². The van der Waals surface area contributed by atoms with Gasteiger partial charge in [-0.1, -0.05) is 29.8 Å². The summed E-state index contributed by atoms with van der Waals surface area (Å²) >= 11 is 7.11. The van der Waals surface area contributed by atoms with Crippen LogP contribution in [0.5, 0.6) is 0 Å². The molecule has 0 aliphatic heterocycles. The van der Waals surface area contributed by atoms with Crippen molar-refractivity contribution in [3.63, 3.8) is 0 Å². The summed E-state index contributed by atoms with van der Waals surface area (Å²) in [4.78, 5) is 7.68. The van der Waals surface area contributed by atoms with Gasteiger partial charge in [-0.3, -0.25) is 4.99 Å². The molecule has 0 aliphatic rings. The molecule has 4 nitrogen and oxygen atoms in total. The molecule has 0 aliphatic carbocycles. The van der Waals surface area contributed by atoms with Gasteiger partial charge in [0.2, 0.25) is 0 Å². The lowest BCUT2D eigenvalue weighted by atomic mass is 10.1. The molecular weight excluding hydrogens is 500 g/mol. The molecule has 26 heavy (non-hydrogen) atoms. The Morgan fingerprint density at radius 1 is 1.19 bits per heavy atom. The van der Waals surface area contributed by atoms with Gasteiger partial charge >= 0.3 is 6.18 Å². The van der Waals surface area contributed by atoms with Crippen molar-refractivity contribution in [2.75, 3.05) is 20.1 Å². The Morgan fingerprint density at radius 2 is 1.85 bits per heavy atom. The number of hydrogen-bond acceptors (Lipinski definition) is 3. The fourth-order valence-electron chi connectivity index (χ4n) is 2.08. The van der Waals surface area contributed by atoms with Crippen LogP contribution < -0.4 is 10.6 Å². The third-order valence-corrected chi connectivity index (χ3v) is 4.62. The number of benzene rings is 1. The Morgan fingerprint density at radius 3 is 2.42 bits per heavy atom. The number of nitrogens with zero attached hydrogens (tertiary/aromatic N) is 2. The second kappa shape index (κ2) is 10.9. The average Bonchev–Trinajstić information content (AvgIpc) is 3.04. The molecule has 10 heteroatoms. The van der Waals surface area contributed by atoms with Crippen LogP contribution in [0, 0.1) is 0 Å². The Bertz CT molecular complexity index is 722. The Hall–Kier alpha value is -1.07. The maximum atomic E-state index is 12.5. The molecule has 0 bridgehead atoms. The second-order valence-electron chi connectivity index (χ2n) is 5.14. The van der Waals surface area contributed by atoms with E-state index in [0.717, 1.165) is 33.7 Å². The maximum Gasteiger partial charge on any atom is 0.434 e. The van der Waals surface area contributed by atoms with Crippen LogP contribution >= 0.6 is 46.9 Å². The lowest BCUT2D eigenvalue weighted by Gasteiger charge is -2.11. The van der Waals surface area contributed by atoms with Gasteiger partial charge < -0.3 is 10.6 Å². The molecule has 144 valence electrons. The maximum absolute atomic E-state index is 12.5. The molecule has 0 saturated heterocycles. The quantitative estimate of drug-likeness (QED) is 0.339. The predicted octanol–water partition coefficient (Wildman–Crippen LogP) is 4.38. The lowest BCUT2D eigenvalue weighted by Crippen LogP contribution is -2.39. The van der Waals surface area contributed by atoms with Gasteiger partial charge in [0.25, 0.3) is 0 Å². The summed E-state index contributed by atoms with van der Waals surface area (Å²) in [5, 5.41) is 8.39. The van der Waals surface area contributed by atoms with E-state index in [1.165, 1.54) is 0 Å². The Kier molecular flexibility index (Phi) is 9.66. The number of hydrogen-bond donors (Lipinski definition) is 2. The first-order valence-electron chi connectivity index (χ1n) is 7.59. The Balaban J connectivity index is 0.00000338. The molecule has 0 spiro atoms. The SMILES string of the molecule is CN=C(NCCc1nc(C(F)(F)F)cs1)NCCc1ccccc1Cl.I. The summed E-state index contributed by atoms with van der Waals surface area (Å²) in [5.41, 5.74) is 0.198. The van der Waals surface area contributed by atoms with Crippen molar-refractivity contribution >= 4 is 52.9 Å². The van der Waals surface area contributed by atoms with E-state index >= 15 is 0 Å². The van der Waals surface area contributed by atoms with Crippen molar-refractivity contribution in [2.24, 2.45) is 4.99 Å². The van der Waals surface area contributed by atoms with Crippen molar-refractivity contribution in [3.8, 4) is 0 Å². The van der Waals surface area contributed by atoms with E-state index in [0.29, 0.717) is 30.5 Å². The van der Waals surface area contributed by atoms with Gasteiger partial charge in [-0.15, -0.1) is 35.3 Å². The molecule has 2 N–H and O–H groups in total. The van der Waals surface area contributed by atoms with Gasteiger partial charge in [-0.05, 0) is 18.1 Å². The van der Waals surface area contributed by atoms with Crippen molar-refractivity contribution in [1.29, 1.82) is 0 Å². The van der Waals surface area contributed by atoms with Gasteiger partial charge in [0.1, 0.15) is 0 Å². The molecule has 2 aromatic rings.